The minimum absolute atomic E-state index is 1.20. The van der Waals surface area contributed by atoms with Gasteiger partial charge in [0.25, 0.3) is 0 Å². The van der Waals surface area contributed by atoms with Gasteiger partial charge in [-0.05, 0) is 11.1 Å². The second kappa shape index (κ2) is 6.29. The largest absolute Gasteiger partial charge is 0.364 e. The Balaban J connectivity index is 2.70. The Hall–Kier alpha value is -2.22. The zero-order valence-corrected chi connectivity index (χ0v) is 12.7. The molecular formula is C18H22N2. The van der Waals surface area contributed by atoms with Crippen LogP contribution in [0.1, 0.15) is 11.1 Å². The monoisotopic (exact) mass is 266 g/mol. The highest BCUT2D eigenvalue weighted by Gasteiger charge is 2.15. The van der Waals surface area contributed by atoms with Gasteiger partial charge in [0.15, 0.2) is 0 Å². The third kappa shape index (κ3) is 3.02. The van der Waals surface area contributed by atoms with Crippen molar-refractivity contribution < 1.29 is 0 Å². The minimum atomic E-state index is 1.20. The van der Waals surface area contributed by atoms with Crippen LogP contribution in [-0.2, 0) is 0 Å². The van der Waals surface area contributed by atoms with Gasteiger partial charge in [-0.2, -0.15) is 0 Å². The predicted molar refractivity (Wildman–Crippen MR) is 86.3 cm³/mol. The molecule has 2 aromatic rings. The molecule has 20 heavy (non-hydrogen) atoms. The van der Waals surface area contributed by atoms with Crippen molar-refractivity contribution >= 4 is 5.57 Å². The van der Waals surface area contributed by atoms with Crippen LogP contribution in [0.5, 0.6) is 0 Å². The maximum absolute atomic E-state index is 2.16. The minimum Gasteiger partial charge on any atom is -0.364 e. The molecular weight excluding hydrogens is 244 g/mol. The van der Waals surface area contributed by atoms with Crippen molar-refractivity contribution in [1.82, 2.24) is 9.80 Å². The van der Waals surface area contributed by atoms with Crippen LogP contribution < -0.4 is 0 Å². The van der Waals surface area contributed by atoms with Crippen molar-refractivity contribution in [3.05, 3.63) is 77.6 Å². The van der Waals surface area contributed by atoms with E-state index in [2.05, 4.69) is 98.7 Å². The standard InChI is InChI=1S/C18H22N2/c1-19(2)18(20(3)4)17(15-11-7-5-8-12-15)16-13-9-6-10-14-16/h5-14H,1-4H3. The number of hydrogen-bond acceptors (Lipinski definition) is 2. The van der Waals surface area contributed by atoms with Crippen LogP contribution in [0.4, 0.5) is 0 Å². The number of rotatable bonds is 4. The van der Waals surface area contributed by atoms with Gasteiger partial charge in [-0.25, -0.2) is 0 Å². The van der Waals surface area contributed by atoms with Crippen molar-refractivity contribution in [2.45, 2.75) is 0 Å². The molecule has 0 heterocycles. The van der Waals surface area contributed by atoms with E-state index in [9.17, 15) is 0 Å². The molecule has 0 fully saturated rings. The number of hydrogen-bond donors (Lipinski definition) is 0. The fourth-order valence-electron chi connectivity index (χ4n) is 2.48. The van der Waals surface area contributed by atoms with E-state index in [-0.39, 0.29) is 0 Å². The lowest BCUT2D eigenvalue weighted by molar-refractivity contribution is 0.346. The SMILES string of the molecule is CN(C)C(=C(c1ccccc1)c1ccccc1)N(C)C. The van der Waals surface area contributed by atoms with Gasteiger partial charge in [0, 0.05) is 33.8 Å². The summed E-state index contributed by atoms with van der Waals surface area (Å²) >= 11 is 0. The average Bonchev–Trinajstić information content (AvgIpc) is 2.45. The molecule has 2 aromatic carbocycles. The van der Waals surface area contributed by atoms with Gasteiger partial charge in [0.1, 0.15) is 5.82 Å². The van der Waals surface area contributed by atoms with E-state index in [1.165, 1.54) is 22.5 Å². The third-order valence-electron chi connectivity index (χ3n) is 3.20. The molecule has 104 valence electrons. The summed E-state index contributed by atoms with van der Waals surface area (Å²) in [6, 6.07) is 21.1. The van der Waals surface area contributed by atoms with E-state index < -0.39 is 0 Å². The predicted octanol–water partition coefficient (Wildman–Crippen LogP) is 3.53. The molecule has 0 aliphatic heterocycles. The molecule has 0 atom stereocenters. The Morgan fingerprint density at radius 3 is 1.25 bits per heavy atom. The van der Waals surface area contributed by atoms with Crippen LogP contribution in [0.15, 0.2) is 66.5 Å². The van der Waals surface area contributed by atoms with Gasteiger partial charge in [-0.3, -0.25) is 0 Å². The van der Waals surface area contributed by atoms with E-state index in [1.807, 2.05) is 0 Å². The quantitative estimate of drug-likeness (QED) is 0.835. The van der Waals surface area contributed by atoms with Gasteiger partial charge in [-0.15, -0.1) is 0 Å². The molecule has 0 aromatic heterocycles. The van der Waals surface area contributed by atoms with Crippen LogP contribution >= 0.6 is 0 Å². The molecule has 0 aliphatic rings. The Morgan fingerprint density at radius 1 is 0.600 bits per heavy atom. The Morgan fingerprint density at radius 2 is 0.950 bits per heavy atom. The molecule has 0 aliphatic carbocycles. The molecule has 2 heteroatoms. The Kier molecular flexibility index (Phi) is 4.46. The van der Waals surface area contributed by atoms with Crippen molar-refractivity contribution in [3.8, 4) is 0 Å². The lowest BCUT2D eigenvalue weighted by atomic mass is 9.97. The van der Waals surface area contributed by atoms with Crippen LogP contribution in [0, 0.1) is 0 Å². The number of nitrogens with zero attached hydrogens (tertiary/aromatic N) is 2. The molecule has 0 radical (unpaired) electrons. The summed E-state index contributed by atoms with van der Waals surface area (Å²) in [5.74, 6) is 1.20. The molecule has 2 rings (SSSR count). The third-order valence-corrected chi connectivity index (χ3v) is 3.20. The summed E-state index contributed by atoms with van der Waals surface area (Å²) in [4.78, 5) is 4.32. The van der Waals surface area contributed by atoms with Crippen molar-refractivity contribution in [2.75, 3.05) is 28.2 Å². The maximum Gasteiger partial charge on any atom is 0.112 e. The highest BCUT2D eigenvalue weighted by Crippen LogP contribution is 2.28. The highest BCUT2D eigenvalue weighted by atomic mass is 15.3. The molecule has 0 amide bonds. The summed E-state index contributed by atoms with van der Waals surface area (Å²) in [5, 5.41) is 0. The fourth-order valence-corrected chi connectivity index (χ4v) is 2.48. The van der Waals surface area contributed by atoms with Crippen molar-refractivity contribution in [3.63, 3.8) is 0 Å². The topological polar surface area (TPSA) is 6.48 Å². The van der Waals surface area contributed by atoms with Gasteiger partial charge in [0.05, 0.1) is 0 Å². The second-order valence-electron chi connectivity index (χ2n) is 5.22. The zero-order valence-electron chi connectivity index (χ0n) is 12.7. The van der Waals surface area contributed by atoms with E-state index >= 15 is 0 Å². The summed E-state index contributed by atoms with van der Waals surface area (Å²) in [6.07, 6.45) is 0. The van der Waals surface area contributed by atoms with Crippen LogP contribution in [0.25, 0.3) is 5.57 Å². The lowest BCUT2D eigenvalue weighted by Crippen LogP contribution is -2.26. The Labute approximate surface area is 122 Å². The molecule has 0 bridgehead atoms. The molecule has 0 unspecified atom stereocenters. The smallest absolute Gasteiger partial charge is 0.112 e. The van der Waals surface area contributed by atoms with Crippen LogP contribution in [-0.4, -0.2) is 38.0 Å². The van der Waals surface area contributed by atoms with E-state index in [0.29, 0.717) is 0 Å². The van der Waals surface area contributed by atoms with E-state index in [0.717, 1.165) is 0 Å². The van der Waals surface area contributed by atoms with Crippen LogP contribution in [0.2, 0.25) is 0 Å². The first kappa shape index (κ1) is 14.2. The van der Waals surface area contributed by atoms with Gasteiger partial charge in [0.2, 0.25) is 0 Å². The summed E-state index contributed by atoms with van der Waals surface area (Å²) in [5.41, 5.74) is 3.72. The van der Waals surface area contributed by atoms with Gasteiger partial charge >= 0.3 is 0 Å². The second-order valence-corrected chi connectivity index (χ2v) is 5.22. The van der Waals surface area contributed by atoms with Crippen LogP contribution in [0.3, 0.4) is 0 Å². The average molecular weight is 266 g/mol. The first-order valence-corrected chi connectivity index (χ1v) is 6.81. The fraction of sp³-hybridized carbons (Fsp3) is 0.222. The highest BCUT2D eigenvalue weighted by molar-refractivity contribution is 5.81. The Bertz CT molecular complexity index is 517. The lowest BCUT2D eigenvalue weighted by Gasteiger charge is -2.28. The molecule has 0 N–H and O–H groups in total. The number of benzene rings is 2. The first-order valence-electron chi connectivity index (χ1n) is 6.81. The summed E-state index contributed by atoms with van der Waals surface area (Å²) in [7, 11) is 8.34. The normalized spacial score (nSPS) is 10.0. The zero-order chi connectivity index (χ0) is 14.5. The summed E-state index contributed by atoms with van der Waals surface area (Å²) in [6.45, 7) is 0. The molecule has 0 spiro atoms. The van der Waals surface area contributed by atoms with Gasteiger partial charge in [-0.1, -0.05) is 60.7 Å². The van der Waals surface area contributed by atoms with Crippen molar-refractivity contribution in [2.24, 2.45) is 0 Å². The van der Waals surface area contributed by atoms with E-state index in [4.69, 9.17) is 0 Å². The first-order chi connectivity index (χ1) is 9.61. The molecule has 0 saturated carbocycles. The maximum atomic E-state index is 2.16. The molecule has 2 nitrogen and oxygen atoms in total. The summed E-state index contributed by atoms with van der Waals surface area (Å²) < 4.78 is 0. The van der Waals surface area contributed by atoms with Crippen molar-refractivity contribution in [1.29, 1.82) is 0 Å². The van der Waals surface area contributed by atoms with Gasteiger partial charge < -0.3 is 9.80 Å². The van der Waals surface area contributed by atoms with E-state index in [1.54, 1.807) is 0 Å². The molecule has 0 saturated heterocycles.